The monoisotopic (exact) mass is 734 g/mol. The first-order valence-corrected chi connectivity index (χ1v) is 19.0. The Labute approximate surface area is 288 Å². The van der Waals surface area contributed by atoms with Gasteiger partial charge in [-0.3, -0.25) is 19.3 Å². The minimum absolute atomic E-state index is 0.0129. The van der Waals surface area contributed by atoms with Crippen LogP contribution in [0, 0.1) is 23.6 Å². The minimum Gasteiger partial charge on any atom is -0.511 e. The number of guanidine groups is 1. The number of carboxylic acids is 1. The molecular formula is C31H39FN8O8S2. The first-order valence-electron chi connectivity index (χ1n) is 15.7. The van der Waals surface area contributed by atoms with E-state index in [4.69, 9.17) is 22.3 Å². The molecule has 2 fully saturated rings. The first-order chi connectivity index (χ1) is 23.4. The number of carboxylic acid groups (broad SMARTS) is 1. The number of anilines is 2. The van der Waals surface area contributed by atoms with Crippen LogP contribution in [0.3, 0.4) is 0 Å². The second-order valence-electron chi connectivity index (χ2n) is 12.7. The van der Waals surface area contributed by atoms with Gasteiger partial charge in [0, 0.05) is 30.7 Å². The van der Waals surface area contributed by atoms with Crippen molar-refractivity contribution in [1.82, 2.24) is 4.90 Å². The summed E-state index contributed by atoms with van der Waals surface area (Å²) in [5.74, 6) is -2.37. The summed E-state index contributed by atoms with van der Waals surface area (Å²) in [4.78, 5) is 29.2. The minimum atomic E-state index is -4.35. The van der Waals surface area contributed by atoms with Crippen LogP contribution in [-0.2, 0) is 36.2 Å². The molecule has 2 heterocycles. The number of aliphatic carboxylic acids is 1. The van der Waals surface area contributed by atoms with Crippen molar-refractivity contribution in [1.29, 1.82) is 0 Å². The SMILES string of the molecule is CS(=O)(=O)Nc1ccc2c(c1)S(=O)(=O)N=C(C1=C(O)[C@@H]3[C@H]4CC[C@@H](C4)[C@@H]3N(Cc3ccc(F)cc3)C1=O)N2.NC(N)=NCCC[C@H](N)C(=O)O. The Morgan fingerprint density at radius 2 is 1.86 bits per heavy atom. The normalized spacial score (nSPS) is 23.8. The number of aliphatic hydroxyl groups is 1. The van der Waals surface area contributed by atoms with Crippen LogP contribution in [-0.4, -0.2) is 80.5 Å². The fourth-order valence-corrected chi connectivity index (χ4v) is 8.73. The van der Waals surface area contributed by atoms with E-state index in [1.165, 1.54) is 24.3 Å². The molecule has 0 aromatic heterocycles. The van der Waals surface area contributed by atoms with Crippen molar-refractivity contribution >= 4 is 55.1 Å². The maximum Gasteiger partial charge on any atom is 0.320 e. The van der Waals surface area contributed by atoms with Crippen LogP contribution in [0.5, 0.6) is 0 Å². The Bertz CT molecular complexity index is 1980. The molecule has 0 radical (unpaired) electrons. The summed E-state index contributed by atoms with van der Waals surface area (Å²) in [5.41, 5.74) is 16.0. The summed E-state index contributed by atoms with van der Waals surface area (Å²) >= 11 is 0. The highest BCUT2D eigenvalue weighted by Crippen LogP contribution is 2.55. The maximum absolute atomic E-state index is 13.9. The van der Waals surface area contributed by atoms with E-state index in [1.807, 2.05) is 0 Å². The van der Waals surface area contributed by atoms with Crippen molar-refractivity contribution in [2.24, 2.45) is 44.3 Å². The number of fused-ring (bicyclic) bond motifs is 6. The predicted octanol–water partition coefficient (Wildman–Crippen LogP) is 1.43. The van der Waals surface area contributed by atoms with Gasteiger partial charge in [-0.15, -0.1) is 4.40 Å². The van der Waals surface area contributed by atoms with Crippen LogP contribution in [0.1, 0.15) is 37.7 Å². The third kappa shape index (κ3) is 8.00. The maximum atomic E-state index is 13.9. The Balaban J connectivity index is 0.000000349. The number of nitrogens with zero attached hydrogens (tertiary/aromatic N) is 3. The van der Waals surface area contributed by atoms with Crippen LogP contribution >= 0.6 is 0 Å². The van der Waals surface area contributed by atoms with E-state index in [9.17, 15) is 35.9 Å². The lowest BCUT2D eigenvalue weighted by Crippen LogP contribution is -2.53. The molecule has 1 amide bonds. The molecule has 50 heavy (non-hydrogen) atoms. The zero-order valence-corrected chi connectivity index (χ0v) is 28.6. The summed E-state index contributed by atoms with van der Waals surface area (Å²) in [7, 11) is -7.99. The molecule has 5 atom stereocenters. The molecular weight excluding hydrogens is 696 g/mol. The first kappa shape index (κ1) is 36.5. The number of nitrogens with one attached hydrogen (secondary N) is 2. The lowest BCUT2D eigenvalue weighted by Gasteiger charge is -2.44. The van der Waals surface area contributed by atoms with Crippen LogP contribution in [0.4, 0.5) is 15.8 Å². The molecule has 2 aromatic carbocycles. The number of carbonyl (C=O) groups is 2. The largest absolute Gasteiger partial charge is 0.511 e. The van der Waals surface area contributed by atoms with Crippen molar-refractivity contribution in [2.75, 3.05) is 22.8 Å². The molecule has 270 valence electrons. The summed E-state index contributed by atoms with van der Waals surface area (Å²) < 4.78 is 69.0. The van der Waals surface area contributed by atoms with Gasteiger partial charge in [0.1, 0.15) is 28.1 Å². The molecule has 2 saturated carbocycles. The van der Waals surface area contributed by atoms with Crippen molar-refractivity contribution in [3.05, 3.63) is 65.2 Å². The zero-order chi connectivity index (χ0) is 36.5. The molecule has 0 saturated heterocycles. The van der Waals surface area contributed by atoms with Gasteiger partial charge in [-0.1, -0.05) is 12.1 Å². The van der Waals surface area contributed by atoms with Crippen molar-refractivity contribution in [2.45, 2.75) is 55.6 Å². The molecule has 19 heteroatoms. The molecule has 2 bridgehead atoms. The van der Waals surface area contributed by atoms with Crippen LogP contribution in [0.15, 0.2) is 68.1 Å². The summed E-state index contributed by atoms with van der Waals surface area (Å²) in [6, 6.07) is 8.67. The van der Waals surface area contributed by atoms with E-state index in [1.54, 1.807) is 17.0 Å². The third-order valence-corrected chi connectivity index (χ3v) is 11.0. The van der Waals surface area contributed by atoms with Gasteiger partial charge in [-0.05, 0) is 79.8 Å². The van der Waals surface area contributed by atoms with Gasteiger partial charge in [-0.2, -0.15) is 8.42 Å². The lowest BCUT2D eigenvalue weighted by molar-refractivity contribution is -0.138. The smallest absolute Gasteiger partial charge is 0.320 e. The number of nitrogens with two attached hydrogens (primary N) is 3. The van der Waals surface area contributed by atoms with Crippen molar-refractivity contribution < 1.29 is 41.0 Å². The van der Waals surface area contributed by atoms with E-state index in [0.717, 1.165) is 31.6 Å². The number of hydrogen-bond acceptors (Lipinski definition) is 10. The Hall–Kier alpha value is -4.75. The van der Waals surface area contributed by atoms with Crippen molar-refractivity contribution in [3.63, 3.8) is 0 Å². The van der Waals surface area contributed by atoms with Gasteiger partial charge >= 0.3 is 5.97 Å². The number of amides is 1. The van der Waals surface area contributed by atoms with Crippen molar-refractivity contribution in [3.8, 4) is 0 Å². The molecule has 2 aromatic rings. The van der Waals surface area contributed by atoms with Crippen LogP contribution in [0.2, 0.25) is 0 Å². The van der Waals surface area contributed by atoms with Gasteiger partial charge in [0.25, 0.3) is 15.9 Å². The number of hydrogen-bond donors (Lipinski definition) is 7. The zero-order valence-electron chi connectivity index (χ0n) is 27.0. The fraction of sp³-hybridized carbons (Fsp3) is 0.419. The van der Waals surface area contributed by atoms with Gasteiger partial charge in [0.2, 0.25) is 10.0 Å². The van der Waals surface area contributed by atoms with Gasteiger partial charge in [-0.25, -0.2) is 12.8 Å². The second-order valence-corrected chi connectivity index (χ2v) is 16.0. The second kappa shape index (κ2) is 14.2. The highest BCUT2D eigenvalue weighted by Gasteiger charge is 2.57. The average Bonchev–Trinajstić information content (AvgIpc) is 3.65. The van der Waals surface area contributed by atoms with E-state index >= 15 is 0 Å². The van der Waals surface area contributed by atoms with E-state index in [0.29, 0.717) is 24.9 Å². The number of amidine groups is 1. The number of benzene rings is 2. The Kier molecular flexibility index (Phi) is 10.4. The Morgan fingerprint density at radius 1 is 1.18 bits per heavy atom. The number of rotatable bonds is 10. The average molecular weight is 735 g/mol. The third-order valence-electron chi connectivity index (χ3n) is 9.09. The standard InChI is InChI=1S/C25H25FN4O6S2.C6H14N4O2/c1-37(33,34)28-17-8-9-18-19(11-17)38(35,36)29-24(27-18)21-23(31)20-14-4-5-15(10-14)22(20)30(25(21)32)12-13-2-6-16(26)7-3-13;7-4(5(11)12)2-1-3-10-6(8)9/h2-3,6-9,11,14-15,20,22,28,31H,4-5,10,12H2,1H3,(H,27,29);4H,1-3,7H2,(H,11,12)(H4,8,9,10)/t14-,15-,20+,22-;4-/m00/s1. The van der Waals surface area contributed by atoms with Crippen LogP contribution < -0.4 is 27.2 Å². The fourth-order valence-electron chi connectivity index (χ4n) is 7.02. The van der Waals surface area contributed by atoms with E-state index in [-0.39, 0.29) is 69.7 Å². The number of sulfonamides is 2. The lowest BCUT2D eigenvalue weighted by atomic mass is 9.77. The predicted molar refractivity (Wildman–Crippen MR) is 183 cm³/mol. The highest BCUT2D eigenvalue weighted by atomic mass is 32.2. The topological polar surface area (TPSA) is 273 Å². The molecule has 6 rings (SSSR count). The summed E-state index contributed by atoms with van der Waals surface area (Å²) in [5, 5.41) is 22.6. The van der Waals surface area contributed by atoms with Gasteiger partial charge < -0.3 is 37.6 Å². The molecule has 4 aliphatic rings. The van der Waals surface area contributed by atoms with Gasteiger partial charge in [0.15, 0.2) is 11.8 Å². The van der Waals surface area contributed by atoms with Gasteiger partial charge in [0.05, 0.1) is 11.9 Å². The number of aliphatic hydroxyl groups excluding tert-OH is 1. The Morgan fingerprint density at radius 3 is 2.50 bits per heavy atom. The van der Waals surface area contributed by atoms with E-state index < -0.39 is 43.8 Å². The summed E-state index contributed by atoms with van der Waals surface area (Å²) in [6.07, 6.45) is 4.60. The molecule has 2 aliphatic carbocycles. The highest BCUT2D eigenvalue weighted by molar-refractivity contribution is 7.92. The molecule has 10 N–H and O–H groups in total. The molecule has 16 nitrogen and oxygen atoms in total. The number of aliphatic imine (C=N–C) groups is 1. The quantitative estimate of drug-likeness (QED) is 0.104. The molecule has 0 spiro atoms. The molecule has 0 unspecified atom stereocenters. The number of halogens is 1. The number of carbonyl (C=O) groups excluding carboxylic acids is 1. The molecule has 2 aliphatic heterocycles. The van der Waals surface area contributed by atoms with E-state index in [2.05, 4.69) is 19.4 Å². The summed E-state index contributed by atoms with van der Waals surface area (Å²) in [6.45, 7) is 0.598. The van der Waals surface area contributed by atoms with Crippen LogP contribution in [0.25, 0.3) is 0 Å².